The van der Waals surface area contributed by atoms with E-state index in [2.05, 4.69) is 21.3 Å². The normalized spacial score (nSPS) is 12.5. The van der Waals surface area contributed by atoms with Gasteiger partial charge in [-0.25, -0.2) is 4.79 Å². The molecule has 0 bridgehead atoms. The predicted molar refractivity (Wildman–Crippen MR) is 117 cm³/mol. The zero-order valence-electron chi connectivity index (χ0n) is 18.5. The van der Waals surface area contributed by atoms with E-state index in [-0.39, 0.29) is 30.3 Å². The van der Waals surface area contributed by atoms with E-state index in [9.17, 15) is 19.2 Å². The van der Waals surface area contributed by atoms with E-state index in [4.69, 9.17) is 10.5 Å². The summed E-state index contributed by atoms with van der Waals surface area (Å²) >= 11 is 0. The highest BCUT2D eigenvalue weighted by Crippen LogP contribution is 2.12. The van der Waals surface area contributed by atoms with Gasteiger partial charge in [-0.15, -0.1) is 0 Å². The number of ether oxygens (including phenoxy) is 1. The maximum atomic E-state index is 12.8. The van der Waals surface area contributed by atoms with Gasteiger partial charge in [-0.3, -0.25) is 14.4 Å². The molecule has 6 N–H and O–H groups in total. The number of likely N-dealkylation sites (N-methyl/N-ethyl adjacent to an activating group) is 1. The molecule has 1 aromatic rings. The average Bonchev–Trinajstić information content (AvgIpc) is 2.69. The second-order valence-corrected chi connectivity index (χ2v) is 7.47. The number of nitrogens with two attached hydrogens (primary N) is 1. The monoisotopic (exact) mass is 435 g/mol. The summed E-state index contributed by atoms with van der Waals surface area (Å²) in [6.45, 7) is 5.59. The molecule has 2 atom stereocenters. The van der Waals surface area contributed by atoms with E-state index in [1.54, 1.807) is 31.3 Å². The molecule has 0 aromatic heterocycles. The molecule has 0 radical (unpaired) electrons. The van der Waals surface area contributed by atoms with Gasteiger partial charge in [-0.2, -0.15) is 0 Å². The maximum absolute atomic E-state index is 12.8. The van der Waals surface area contributed by atoms with Crippen LogP contribution in [0, 0.1) is 5.92 Å². The van der Waals surface area contributed by atoms with Crippen molar-refractivity contribution in [1.82, 2.24) is 16.0 Å². The van der Waals surface area contributed by atoms with Gasteiger partial charge in [0.15, 0.2) is 0 Å². The van der Waals surface area contributed by atoms with Gasteiger partial charge in [0.1, 0.15) is 12.6 Å². The van der Waals surface area contributed by atoms with Crippen molar-refractivity contribution in [1.29, 1.82) is 0 Å². The number of anilines is 1. The Hall–Kier alpha value is -3.14. The lowest BCUT2D eigenvalue weighted by molar-refractivity contribution is -0.142. The summed E-state index contributed by atoms with van der Waals surface area (Å²) < 4.78 is 4.94. The van der Waals surface area contributed by atoms with Gasteiger partial charge in [-0.05, 0) is 43.5 Å². The van der Waals surface area contributed by atoms with Crippen LogP contribution < -0.4 is 27.0 Å². The molecule has 31 heavy (non-hydrogen) atoms. The third-order valence-electron chi connectivity index (χ3n) is 4.53. The highest BCUT2D eigenvalue weighted by atomic mass is 16.5. The third kappa shape index (κ3) is 9.94. The molecule has 0 saturated carbocycles. The molecule has 0 heterocycles. The van der Waals surface area contributed by atoms with E-state index in [1.807, 2.05) is 13.8 Å². The summed E-state index contributed by atoms with van der Waals surface area (Å²) in [5.74, 6) is -0.992. The van der Waals surface area contributed by atoms with Crippen LogP contribution in [0.15, 0.2) is 24.3 Å². The highest BCUT2D eigenvalue weighted by Gasteiger charge is 2.26. The molecule has 0 spiro atoms. The van der Waals surface area contributed by atoms with Crippen LogP contribution in [0.1, 0.15) is 39.2 Å². The molecular weight excluding hydrogens is 402 g/mol. The fraction of sp³-hybridized carbons (Fsp3) is 0.524. The van der Waals surface area contributed by atoms with E-state index in [0.717, 1.165) is 5.56 Å². The lowest BCUT2D eigenvalue weighted by Gasteiger charge is -2.24. The van der Waals surface area contributed by atoms with Crippen molar-refractivity contribution >= 4 is 29.5 Å². The molecule has 0 aliphatic rings. The summed E-state index contributed by atoms with van der Waals surface area (Å²) in [5, 5.41) is 11.0. The molecule has 172 valence electrons. The van der Waals surface area contributed by atoms with Crippen molar-refractivity contribution in [3.05, 3.63) is 29.8 Å². The molecule has 4 amide bonds. The van der Waals surface area contributed by atoms with E-state index in [1.165, 1.54) is 6.92 Å². The smallest absolute Gasteiger partial charge is 0.312 e. The first-order valence-electron chi connectivity index (χ1n) is 10.2. The molecule has 2 unspecified atom stereocenters. The number of carbonyl (C=O) groups excluding carboxylic acids is 4. The number of hydrogen-bond acceptors (Lipinski definition) is 6. The third-order valence-corrected chi connectivity index (χ3v) is 4.53. The highest BCUT2D eigenvalue weighted by molar-refractivity contribution is 5.97. The van der Waals surface area contributed by atoms with E-state index < -0.39 is 18.1 Å². The van der Waals surface area contributed by atoms with Gasteiger partial charge in [-0.1, -0.05) is 26.0 Å². The van der Waals surface area contributed by atoms with Crippen LogP contribution in [0.3, 0.4) is 0 Å². The predicted octanol–water partition coefficient (Wildman–Crippen LogP) is 0.866. The van der Waals surface area contributed by atoms with Crippen LogP contribution in [0.2, 0.25) is 0 Å². The van der Waals surface area contributed by atoms with Crippen molar-refractivity contribution in [2.45, 2.75) is 52.3 Å². The molecule has 0 aliphatic carbocycles. The maximum Gasteiger partial charge on any atom is 0.312 e. The fourth-order valence-electron chi connectivity index (χ4n) is 2.91. The van der Waals surface area contributed by atoms with E-state index >= 15 is 0 Å². The topological polar surface area (TPSA) is 152 Å². The van der Waals surface area contributed by atoms with Crippen LogP contribution >= 0.6 is 0 Å². The number of amides is 4. The molecule has 10 heteroatoms. The number of primary amides is 1. The van der Waals surface area contributed by atoms with Crippen LogP contribution in [0.5, 0.6) is 0 Å². The SMILES string of the molecule is CNC(C(=O)NC(CCCNC(N)=O)C(=O)Nc1ccc(COC(C)=O)cc1)C(C)C. The second-order valence-electron chi connectivity index (χ2n) is 7.47. The summed E-state index contributed by atoms with van der Waals surface area (Å²) in [4.78, 5) is 47.2. The number of urea groups is 1. The Morgan fingerprint density at radius 1 is 1.06 bits per heavy atom. The lowest BCUT2D eigenvalue weighted by atomic mass is 10.0. The van der Waals surface area contributed by atoms with Gasteiger partial charge < -0.3 is 31.7 Å². The number of esters is 1. The number of benzene rings is 1. The van der Waals surface area contributed by atoms with E-state index in [0.29, 0.717) is 25.1 Å². The Balaban J connectivity index is 2.80. The van der Waals surface area contributed by atoms with Gasteiger partial charge in [0, 0.05) is 19.2 Å². The Bertz CT molecular complexity index is 751. The molecule has 10 nitrogen and oxygen atoms in total. The first kappa shape index (κ1) is 25.9. The number of rotatable bonds is 12. The Morgan fingerprint density at radius 2 is 1.71 bits per heavy atom. The first-order chi connectivity index (χ1) is 14.6. The quantitative estimate of drug-likeness (QED) is 0.243. The zero-order chi connectivity index (χ0) is 23.4. The standard InChI is InChI=1S/C21H33N5O5/c1-13(2)18(23-4)20(29)26-17(6-5-11-24-21(22)30)19(28)25-16-9-7-15(8-10-16)12-31-14(3)27/h7-10,13,17-18,23H,5-6,11-12H2,1-4H3,(H,25,28)(H,26,29)(H3,22,24,30). The largest absolute Gasteiger partial charge is 0.461 e. The minimum atomic E-state index is -0.794. The van der Waals surface area contributed by atoms with Crippen LogP contribution in [-0.4, -0.2) is 49.5 Å². The Kier molecular flexibility index (Phi) is 11.0. The minimum absolute atomic E-state index is 0.0370. The summed E-state index contributed by atoms with van der Waals surface area (Å²) in [6, 6.07) is 4.96. The van der Waals surface area contributed by atoms with Crippen LogP contribution in [0.25, 0.3) is 0 Å². The van der Waals surface area contributed by atoms with Crippen molar-refractivity contribution in [3.8, 4) is 0 Å². The number of carbonyl (C=O) groups is 4. The number of nitrogens with one attached hydrogen (secondary N) is 4. The van der Waals surface area contributed by atoms with Crippen molar-refractivity contribution in [2.75, 3.05) is 18.9 Å². The summed E-state index contributed by atoms with van der Waals surface area (Å²) in [6.07, 6.45) is 0.769. The van der Waals surface area contributed by atoms with Crippen molar-refractivity contribution in [2.24, 2.45) is 11.7 Å². The molecular formula is C21H33N5O5. The fourth-order valence-corrected chi connectivity index (χ4v) is 2.91. The van der Waals surface area contributed by atoms with Crippen molar-refractivity contribution < 1.29 is 23.9 Å². The lowest BCUT2D eigenvalue weighted by Crippen LogP contribution is -2.52. The van der Waals surface area contributed by atoms with Gasteiger partial charge >= 0.3 is 12.0 Å². The van der Waals surface area contributed by atoms with Gasteiger partial charge in [0.05, 0.1) is 6.04 Å². The minimum Gasteiger partial charge on any atom is -0.461 e. The molecule has 1 rings (SSSR count). The Labute approximate surface area is 182 Å². The molecule has 0 aliphatic heterocycles. The molecule has 0 saturated heterocycles. The Morgan fingerprint density at radius 3 is 2.23 bits per heavy atom. The summed E-state index contributed by atoms with van der Waals surface area (Å²) in [7, 11) is 1.69. The molecule has 0 fully saturated rings. The van der Waals surface area contributed by atoms with Crippen LogP contribution in [0.4, 0.5) is 10.5 Å². The molecule has 1 aromatic carbocycles. The van der Waals surface area contributed by atoms with Gasteiger partial charge in [0.2, 0.25) is 11.8 Å². The van der Waals surface area contributed by atoms with Crippen LogP contribution in [-0.2, 0) is 25.7 Å². The summed E-state index contributed by atoms with van der Waals surface area (Å²) in [5.41, 5.74) is 6.38. The first-order valence-corrected chi connectivity index (χ1v) is 10.2. The van der Waals surface area contributed by atoms with Crippen molar-refractivity contribution in [3.63, 3.8) is 0 Å². The number of hydrogen-bond donors (Lipinski definition) is 5. The zero-order valence-corrected chi connectivity index (χ0v) is 18.5. The average molecular weight is 436 g/mol. The van der Waals surface area contributed by atoms with Gasteiger partial charge in [0.25, 0.3) is 0 Å². The second kappa shape index (κ2) is 13.2.